The molecule has 0 aliphatic carbocycles. The highest BCUT2D eigenvalue weighted by Gasteiger charge is 2.28. The maximum Gasteiger partial charge on any atom is 0.303 e. The van der Waals surface area contributed by atoms with Crippen LogP contribution in [0.2, 0.25) is 5.02 Å². The van der Waals surface area contributed by atoms with Gasteiger partial charge in [-0.25, -0.2) is 8.42 Å². The molecule has 2 atom stereocenters. The van der Waals surface area contributed by atoms with Crippen molar-refractivity contribution in [2.24, 2.45) is 0 Å². The number of hydrogen-bond donors (Lipinski definition) is 2. The Morgan fingerprint density at radius 2 is 1.58 bits per heavy atom. The molecule has 2 N–H and O–H groups in total. The van der Waals surface area contributed by atoms with Gasteiger partial charge in [0.05, 0.1) is 24.4 Å². The zero-order chi connectivity index (χ0) is 27.5. The van der Waals surface area contributed by atoms with Gasteiger partial charge in [-0.15, -0.1) is 0 Å². The van der Waals surface area contributed by atoms with Crippen molar-refractivity contribution >= 4 is 27.7 Å². The zero-order valence-corrected chi connectivity index (χ0v) is 22.7. The molecular weight excluding hydrogens is 530 g/mol. The summed E-state index contributed by atoms with van der Waals surface area (Å²) in [5.41, 5.74) is 0.928. The van der Waals surface area contributed by atoms with Crippen LogP contribution in [0.5, 0.6) is 17.2 Å². The Labute approximate surface area is 228 Å². The average Bonchev–Trinajstić information content (AvgIpc) is 3.32. The van der Waals surface area contributed by atoms with Crippen molar-refractivity contribution in [3.05, 3.63) is 83.4 Å². The van der Waals surface area contributed by atoms with Crippen molar-refractivity contribution in [3.8, 4) is 17.2 Å². The van der Waals surface area contributed by atoms with E-state index < -0.39 is 16.1 Å². The van der Waals surface area contributed by atoms with E-state index in [1.165, 1.54) is 23.5 Å². The minimum absolute atomic E-state index is 0.178. The Hall–Kier alpha value is -3.11. The number of hydrogen-bond acceptors (Lipinski definition) is 6. The topological polar surface area (TPSA) is 117 Å². The van der Waals surface area contributed by atoms with E-state index in [9.17, 15) is 17.8 Å². The number of aryl methyl sites for hydroxylation is 1. The van der Waals surface area contributed by atoms with Crippen LogP contribution in [-0.4, -0.2) is 49.8 Å². The number of carboxylic acid groups (broad SMARTS) is 1. The van der Waals surface area contributed by atoms with Crippen molar-refractivity contribution in [2.45, 2.75) is 43.5 Å². The Morgan fingerprint density at radius 1 is 1.00 bits per heavy atom. The fourth-order valence-electron chi connectivity index (χ4n) is 4.13. The first-order valence-corrected chi connectivity index (χ1v) is 14.1. The standard InChI is InChI=1S/C21H24ClNO4.C7H8O3S/c22-16-5-7-19(8-6-16)27-20-11-9-18(10-12-20)26-15-17-3-1-13-23(17)14-2-4-21(24)25;1-6-2-4-7(5-3-6)11(8,9)10/h5-12,17H,1-4,13-15H2,(H,24,25);2-5H,1H3,(H,8,9,10). The molecule has 1 saturated heterocycles. The number of rotatable bonds is 10. The van der Waals surface area contributed by atoms with Crippen molar-refractivity contribution in [1.82, 2.24) is 0 Å². The van der Waals surface area contributed by atoms with Gasteiger partial charge in [0.25, 0.3) is 0 Å². The fraction of sp³-hybridized carbons (Fsp3) is 0.321. The molecule has 10 heteroatoms. The molecule has 38 heavy (non-hydrogen) atoms. The Kier molecular flexibility index (Phi) is 11.0. The Balaban J connectivity index is 0.000000304. The minimum atomic E-state index is -4.27. The van der Waals surface area contributed by atoms with Gasteiger partial charge in [-0.1, -0.05) is 29.3 Å². The highest BCUT2D eigenvalue weighted by molar-refractivity contribution is 7.85. The van der Waals surface area contributed by atoms with E-state index >= 15 is 0 Å². The zero-order valence-electron chi connectivity index (χ0n) is 21.1. The van der Waals surface area contributed by atoms with Crippen LogP contribution in [-0.2, 0) is 14.9 Å². The number of aliphatic carboxylic acids is 1. The van der Waals surface area contributed by atoms with Gasteiger partial charge in [0, 0.05) is 24.3 Å². The quantitative estimate of drug-likeness (QED) is 0.354. The number of nitrogens with one attached hydrogen (secondary N) is 1. The molecule has 0 saturated carbocycles. The number of ether oxygens (including phenoxy) is 2. The molecule has 0 spiro atoms. The van der Waals surface area contributed by atoms with Gasteiger partial charge in [0.2, 0.25) is 0 Å². The summed E-state index contributed by atoms with van der Waals surface area (Å²) in [5.74, 6) is 1.57. The summed E-state index contributed by atoms with van der Waals surface area (Å²) >= 11 is 5.88. The fourth-order valence-corrected chi connectivity index (χ4v) is 4.72. The molecule has 1 aliphatic rings. The van der Waals surface area contributed by atoms with E-state index in [4.69, 9.17) is 26.2 Å². The maximum atomic E-state index is 10.7. The summed E-state index contributed by atoms with van der Waals surface area (Å²) in [6, 6.07) is 21.0. The number of likely N-dealkylation sites (tertiary alicyclic amines) is 1. The summed E-state index contributed by atoms with van der Waals surface area (Å²) in [7, 11) is -4.27. The summed E-state index contributed by atoms with van der Waals surface area (Å²) in [6.45, 7) is 4.47. The maximum absolute atomic E-state index is 10.7. The van der Waals surface area contributed by atoms with Gasteiger partial charge in [0.1, 0.15) is 40.0 Å². The first-order valence-electron chi connectivity index (χ1n) is 12.4. The molecule has 204 valence electrons. The first kappa shape index (κ1) is 29.4. The van der Waals surface area contributed by atoms with Crippen LogP contribution in [0.1, 0.15) is 31.2 Å². The van der Waals surface area contributed by atoms with Crippen LogP contribution in [0.4, 0.5) is 0 Å². The van der Waals surface area contributed by atoms with Crippen LogP contribution in [0.3, 0.4) is 0 Å². The second kappa shape index (κ2) is 14.2. The molecule has 0 radical (unpaired) electrons. The molecule has 1 fully saturated rings. The molecule has 1 heterocycles. The van der Waals surface area contributed by atoms with Gasteiger partial charge in [0.15, 0.2) is 0 Å². The van der Waals surface area contributed by atoms with Gasteiger partial charge < -0.3 is 24.0 Å². The molecular formula is C28H32ClNO7S. The number of halogens is 1. The summed E-state index contributed by atoms with van der Waals surface area (Å²) in [6.07, 6.45) is 3.26. The Morgan fingerprint density at radius 3 is 2.16 bits per heavy atom. The molecule has 0 bridgehead atoms. The molecule has 4 rings (SSSR count). The average molecular weight is 562 g/mol. The summed E-state index contributed by atoms with van der Waals surface area (Å²) in [4.78, 5) is 12.0. The third kappa shape index (κ3) is 9.98. The molecule has 0 aromatic heterocycles. The third-order valence-corrected chi connectivity index (χ3v) is 7.25. The number of carboxylic acids is 1. The monoisotopic (exact) mass is 561 g/mol. The molecule has 2 unspecified atom stereocenters. The molecule has 8 nitrogen and oxygen atoms in total. The smallest absolute Gasteiger partial charge is 0.303 e. The highest BCUT2D eigenvalue weighted by Crippen LogP contribution is 2.25. The largest absolute Gasteiger partial charge is 0.744 e. The molecule has 1 aliphatic heterocycles. The van der Waals surface area contributed by atoms with Gasteiger partial charge in [-0.3, -0.25) is 4.79 Å². The summed E-state index contributed by atoms with van der Waals surface area (Å²) in [5, 5.41) is 9.46. The van der Waals surface area contributed by atoms with E-state index in [1.807, 2.05) is 43.3 Å². The number of carbonyl (C=O) groups is 1. The number of quaternary nitrogens is 1. The second-order valence-corrected chi connectivity index (χ2v) is 10.9. The molecule has 0 amide bonds. The van der Waals surface area contributed by atoms with Gasteiger partial charge >= 0.3 is 5.97 Å². The SMILES string of the molecule is Cc1ccc(S(=O)(=O)[O-])cc1.O=C(O)CCC[NH+]1CCCC1COc1ccc(Oc2ccc(Cl)cc2)cc1. The van der Waals surface area contributed by atoms with Crippen molar-refractivity contribution < 1.29 is 37.2 Å². The number of benzene rings is 3. The molecule has 3 aromatic carbocycles. The van der Waals surface area contributed by atoms with Gasteiger partial charge in [-0.2, -0.15) is 0 Å². The lowest BCUT2D eigenvalue weighted by Gasteiger charge is -2.21. The second-order valence-electron chi connectivity index (χ2n) is 9.10. The van der Waals surface area contributed by atoms with Crippen LogP contribution < -0.4 is 14.4 Å². The minimum Gasteiger partial charge on any atom is -0.744 e. The first-order chi connectivity index (χ1) is 18.1. The van der Waals surface area contributed by atoms with Crippen LogP contribution in [0.15, 0.2) is 77.7 Å². The van der Waals surface area contributed by atoms with E-state index in [1.54, 1.807) is 24.3 Å². The van der Waals surface area contributed by atoms with E-state index in [0.717, 1.165) is 48.7 Å². The lowest BCUT2D eigenvalue weighted by Crippen LogP contribution is -3.14. The highest BCUT2D eigenvalue weighted by atomic mass is 35.5. The predicted octanol–water partition coefficient (Wildman–Crippen LogP) is 4.32. The lowest BCUT2D eigenvalue weighted by atomic mass is 10.2. The van der Waals surface area contributed by atoms with Crippen molar-refractivity contribution in [3.63, 3.8) is 0 Å². The van der Waals surface area contributed by atoms with Crippen LogP contribution in [0.25, 0.3) is 0 Å². The molecule has 3 aromatic rings. The van der Waals surface area contributed by atoms with Crippen molar-refractivity contribution in [2.75, 3.05) is 19.7 Å². The third-order valence-electron chi connectivity index (χ3n) is 6.15. The Bertz CT molecular complexity index is 1260. The predicted molar refractivity (Wildman–Crippen MR) is 143 cm³/mol. The van der Waals surface area contributed by atoms with E-state index in [0.29, 0.717) is 17.7 Å². The summed E-state index contributed by atoms with van der Waals surface area (Å²) < 4.78 is 42.9. The van der Waals surface area contributed by atoms with Crippen molar-refractivity contribution in [1.29, 1.82) is 0 Å². The van der Waals surface area contributed by atoms with Gasteiger partial charge in [-0.05, 0) is 67.6 Å². The lowest BCUT2D eigenvalue weighted by molar-refractivity contribution is -0.912. The van der Waals surface area contributed by atoms with E-state index in [2.05, 4.69) is 0 Å². The van der Waals surface area contributed by atoms with Crippen LogP contribution in [0, 0.1) is 6.92 Å². The van der Waals surface area contributed by atoms with Crippen LogP contribution >= 0.6 is 11.6 Å². The van der Waals surface area contributed by atoms with E-state index in [-0.39, 0.29) is 11.3 Å². The normalized spacial score (nSPS) is 16.8.